The summed E-state index contributed by atoms with van der Waals surface area (Å²) in [6, 6.07) is 21.9. The summed E-state index contributed by atoms with van der Waals surface area (Å²) in [5.74, 6) is 0.759. The molecule has 1 aliphatic carbocycles. The molecule has 0 amide bonds. The van der Waals surface area contributed by atoms with E-state index in [-0.39, 0.29) is 12.4 Å². The Morgan fingerprint density at radius 2 is 1.74 bits per heavy atom. The van der Waals surface area contributed by atoms with E-state index in [1.54, 1.807) is 42.7 Å². The number of halogens is 1. The van der Waals surface area contributed by atoms with Crippen molar-refractivity contribution in [3.63, 3.8) is 0 Å². The van der Waals surface area contributed by atoms with Crippen molar-refractivity contribution in [2.45, 2.75) is 63.6 Å². The molecule has 3 aromatic carbocycles. The third kappa shape index (κ3) is 7.07. The van der Waals surface area contributed by atoms with E-state index >= 15 is 0 Å². The van der Waals surface area contributed by atoms with Crippen LogP contribution in [0.4, 0.5) is 11.6 Å². The Kier molecular flexibility index (Phi) is 8.80. The van der Waals surface area contributed by atoms with E-state index in [1.165, 1.54) is 27.9 Å². The molecular weight excluding hydrogens is 632 g/mol. The molecule has 0 radical (unpaired) electrons. The third-order valence-electron chi connectivity index (χ3n) is 8.87. The molecule has 7 rings (SSSR count). The number of rotatable bonds is 10. The van der Waals surface area contributed by atoms with Gasteiger partial charge in [0.15, 0.2) is 0 Å². The predicted molar refractivity (Wildman–Crippen MR) is 187 cm³/mol. The van der Waals surface area contributed by atoms with E-state index in [2.05, 4.69) is 52.6 Å². The van der Waals surface area contributed by atoms with Gasteiger partial charge in [-0.2, -0.15) is 0 Å². The number of anilines is 2. The first-order valence-corrected chi connectivity index (χ1v) is 18.1. The summed E-state index contributed by atoms with van der Waals surface area (Å²) in [4.78, 5) is 11.8. The van der Waals surface area contributed by atoms with Crippen LogP contribution in [-0.4, -0.2) is 57.5 Å². The van der Waals surface area contributed by atoms with Gasteiger partial charge in [0.25, 0.3) is 0 Å². The number of nitrogens with one attached hydrogen (secondary N) is 2. The smallest absolute Gasteiger partial charge is 0.243 e. The van der Waals surface area contributed by atoms with Crippen LogP contribution in [0.15, 0.2) is 79.1 Å². The van der Waals surface area contributed by atoms with E-state index in [0.717, 1.165) is 25.3 Å². The lowest BCUT2D eigenvalue weighted by molar-refractivity contribution is 0.166. The quantitative estimate of drug-likeness (QED) is 0.156. The number of benzene rings is 3. The van der Waals surface area contributed by atoms with Crippen LogP contribution in [0.1, 0.15) is 54.9 Å². The van der Waals surface area contributed by atoms with Crippen LogP contribution in [0.2, 0.25) is 5.02 Å². The maximum atomic E-state index is 13.8. The molecule has 0 spiro atoms. The molecule has 2 aliphatic rings. The topological polar surface area (TPSA) is 112 Å². The van der Waals surface area contributed by atoms with Crippen molar-refractivity contribution in [3.05, 3.63) is 106 Å². The zero-order valence-electron chi connectivity index (χ0n) is 26.5. The van der Waals surface area contributed by atoms with Crippen molar-refractivity contribution in [1.29, 1.82) is 0 Å². The lowest BCUT2D eigenvalue weighted by Crippen LogP contribution is -2.53. The summed E-state index contributed by atoms with van der Waals surface area (Å²) in [6.07, 6.45) is 5.51. The van der Waals surface area contributed by atoms with E-state index in [4.69, 9.17) is 16.6 Å². The molecule has 244 valence electrons. The van der Waals surface area contributed by atoms with Gasteiger partial charge in [-0.1, -0.05) is 60.1 Å². The van der Waals surface area contributed by atoms with Crippen LogP contribution in [0.25, 0.3) is 22.2 Å². The van der Waals surface area contributed by atoms with Crippen LogP contribution in [0.5, 0.6) is 0 Å². The molecule has 1 saturated carbocycles. The van der Waals surface area contributed by atoms with Crippen molar-refractivity contribution >= 4 is 44.2 Å². The Bertz CT molecular complexity index is 2020. The van der Waals surface area contributed by atoms with Gasteiger partial charge in [0.2, 0.25) is 16.0 Å². The van der Waals surface area contributed by atoms with E-state index in [1.807, 2.05) is 18.2 Å². The second kappa shape index (κ2) is 13.0. The Balaban J connectivity index is 1.24. The molecular formula is C36H39ClN6O3S. The fraction of sp³-hybridized carbons (Fsp3) is 0.333. The van der Waals surface area contributed by atoms with Gasteiger partial charge in [-0.25, -0.2) is 22.4 Å². The highest BCUT2D eigenvalue weighted by atomic mass is 35.5. The van der Waals surface area contributed by atoms with Gasteiger partial charge in [-0.05, 0) is 73.1 Å². The van der Waals surface area contributed by atoms with Crippen molar-refractivity contribution in [3.8, 4) is 11.3 Å². The molecule has 2 atom stereocenters. The predicted octanol–water partition coefficient (Wildman–Crippen LogP) is 6.43. The Morgan fingerprint density at radius 3 is 2.47 bits per heavy atom. The van der Waals surface area contributed by atoms with E-state index < -0.39 is 10.0 Å². The minimum atomic E-state index is -3.83. The summed E-state index contributed by atoms with van der Waals surface area (Å²) >= 11 is 6.72. The lowest BCUT2D eigenvalue weighted by Gasteiger charge is -2.36. The zero-order chi connectivity index (χ0) is 32.7. The Labute approximate surface area is 280 Å². The first-order chi connectivity index (χ1) is 22.6. The molecule has 2 aromatic heterocycles. The van der Waals surface area contributed by atoms with Crippen LogP contribution in [0, 0.1) is 0 Å². The van der Waals surface area contributed by atoms with Gasteiger partial charge in [-0.3, -0.25) is 4.90 Å². The average Bonchev–Trinajstić information content (AvgIpc) is 3.82. The second-order valence-electron chi connectivity index (χ2n) is 13.0. The lowest BCUT2D eigenvalue weighted by atomic mass is 10.0. The maximum absolute atomic E-state index is 13.8. The van der Waals surface area contributed by atoms with Crippen molar-refractivity contribution in [1.82, 2.24) is 24.2 Å². The summed E-state index contributed by atoms with van der Waals surface area (Å²) in [5, 5.41) is 17.8. The van der Waals surface area contributed by atoms with Gasteiger partial charge in [0.05, 0.1) is 34.8 Å². The fourth-order valence-corrected chi connectivity index (χ4v) is 8.38. The monoisotopic (exact) mass is 670 g/mol. The number of hydrogen-bond acceptors (Lipinski definition) is 8. The number of piperazine rings is 1. The number of aliphatic hydroxyl groups is 1. The minimum absolute atomic E-state index is 0.184. The first kappa shape index (κ1) is 31.8. The third-order valence-corrected chi connectivity index (χ3v) is 10.7. The minimum Gasteiger partial charge on any atom is -0.392 e. The molecule has 2 fully saturated rings. The normalized spacial score (nSPS) is 18.9. The summed E-state index contributed by atoms with van der Waals surface area (Å²) in [7, 11) is -3.83. The van der Waals surface area contributed by atoms with Gasteiger partial charge in [-0.15, -0.1) is 0 Å². The van der Waals surface area contributed by atoms with Crippen LogP contribution >= 0.6 is 11.6 Å². The highest BCUT2D eigenvalue weighted by Crippen LogP contribution is 2.42. The second-order valence-corrected chi connectivity index (χ2v) is 15.3. The van der Waals surface area contributed by atoms with Crippen molar-refractivity contribution in [2.24, 2.45) is 0 Å². The molecule has 47 heavy (non-hydrogen) atoms. The summed E-state index contributed by atoms with van der Waals surface area (Å²) in [5.41, 5.74) is 6.19. The number of aromatic nitrogens is 3. The fourth-order valence-electron chi connectivity index (χ4n) is 6.72. The van der Waals surface area contributed by atoms with Crippen LogP contribution in [0.3, 0.4) is 0 Å². The highest BCUT2D eigenvalue weighted by Gasteiger charge is 2.27. The molecule has 1 saturated heterocycles. The Morgan fingerprint density at radius 1 is 0.979 bits per heavy atom. The molecule has 3 N–H and O–H groups in total. The molecule has 5 aromatic rings. The van der Waals surface area contributed by atoms with E-state index in [0.29, 0.717) is 62.3 Å². The van der Waals surface area contributed by atoms with Crippen LogP contribution < -0.4 is 10.6 Å². The van der Waals surface area contributed by atoms with Gasteiger partial charge >= 0.3 is 0 Å². The standard InChI is InChI=1S/C36H39ClN6O3S/c1-23-17-42(18-24(2)39-23)19-27-12-29(28-9-10-28)15-30(13-27)40-36-38-16-33(37)35(41-36)32-20-43(34-14-26(21-44)8-11-31(32)34)47(45,46)22-25-6-4-3-5-7-25/h3-8,11-16,20,23-24,28,39,44H,9-10,17-19,21-22H2,1-2H3,(H,38,40,41)/t23-,24+. The summed E-state index contributed by atoms with van der Waals surface area (Å²) in [6.45, 7) is 7.11. The maximum Gasteiger partial charge on any atom is 0.243 e. The van der Waals surface area contributed by atoms with Gasteiger partial charge < -0.3 is 15.7 Å². The molecule has 9 nitrogen and oxygen atoms in total. The SMILES string of the molecule is C[C@@H]1CN(Cc2cc(Nc3ncc(Cl)c(-c4cn(S(=O)(=O)Cc5ccccc5)c5cc(CO)ccc45)n3)cc(C3CC3)c2)C[C@H](C)N1. The van der Waals surface area contributed by atoms with Crippen molar-refractivity contribution in [2.75, 3.05) is 18.4 Å². The molecule has 1 aliphatic heterocycles. The first-order valence-electron chi connectivity index (χ1n) is 16.1. The van der Waals surface area contributed by atoms with Gasteiger partial charge in [0, 0.05) is 54.6 Å². The Hall–Kier alpha value is -3.80. The molecule has 3 heterocycles. The highest BCUT2D eigenvalue weighted by molar-refractivity contribution is 7.89. The number of nitrogens with zero attached hydrogens (tertiary/aromatic N) is 4. The zero-order valence-corrected chi connectivity index (χ0v) is 28.1. The summed E-state index contributed by atoms with van der Waals surface area (Å²) < 4.78 is 28.8. The number of hydrogen-bond donors (Lipinski definition) is 3. The average molecular weight is 671 g/mol. The molecule has 0 bridgehead atoms. The molecule has 11 heteroatoms. The van der Waals surface area contributed by atoms with Gasteiger partial charge in [0.1, 0.15) is 0 Å². The number of fused-ring (bicyclic) bond motifs is 1. The van der Waals surface area contributed by atoms with Crippen LogP contribution in [-0.2, 0) is 28.9 Å². The van der Waals surface area contributed by atoms with E-state index in [9.17, 15) is 13.5 Å². The number of aliphatic hydroxyl groups excluding tert-OH is 1. The molecule has 0 unspecified atom stereocenters. The largest absolute Gasteiger partial charge is 0.392 e. The van der Waals surface area contributed by atoms with Crippen molar-refractivity contribution < 1.29 is 13.5 Å².